The zero-order valence-corrected chi connectivity index (χ0v) is 10.6. The second-order valence-corrected chi connectivity index (χ2v) is 4.13. The molecule has 6 heteroatoms. The lowest BCUT2D eigenvalue weighted by Crippen LogP contribution is -2.20. The highest BCUT2D eigenvalue weighted by Crippen LogP contribution is 2.18. The van der Waals surface area contributed by atoms with E-state index in [-0.39, 0.29) is 0 Å². The fourth-order valence-corrected chi connectivity index (χ4v) is 1.56. The van der Waals surface area contributed by atoms with Crippen molar-refractivity contribution in [2.75, 3.05) is 10.6 Å². The Morgan fingerprint density at radius 1 is 1.35 bits per heavy atom. The smallest absolute Gasteiger partial charge is 0.327 e. The van der Waals surface area contributed by atoms with Crippen molar-refractivity contribution in [1.82, 2.24) is 4.98 Å². The van der Waals surface area contributed by atoms with E-state index in [9.17, 15) is 4.79 Å². The first kappa shape index (κ1) is 11.7. The van der Waals surface area contributed by atoms with E-state index < -0.39 is 6.03 Å². The van der Waals surface area contributed by atoms with Gasteiger partial charge in [-0.25, -0.2) is 9.78 Å². The minimum Gasteiger partial charge on any atom is -0.434 e. The summed E-state index contributed by atoms with van der Waals surface area (Å²) in [5.41, 5.74) is 0.892. The Balaban J connectivity index is 2.01. The minimum atomic E-state index is -0.395. The number of hydrogen-bond donors (Lipinski definition) is 2. The van der Waals surface area contributed by atoms with Crippen LogP contribution in [0.3, 0.4) is 0 Å². The second kappa shape index (κ2) is 5.01. The van der Waals surface area contributed by atoms with E-state index >= 15 is 0 Å². The second-order valence-electron chi connectivity index (χ2n) is 3.35. The standard InChI is InChI=1S/C11H10BrN3O2/c1-7-3-2-6-13-10(7)15-11(16)14-9-5-4-8(12)17-9/h2-6H,1H3,(H2,13,14,15,16). The molecule has 0 spiro atoms. The topological polar surface area (TPSA) is 67.2 Å². The lowest BCUT2D eigenvalue weighted by molar-refractivity contribution is 0.261. The lowest BCUT2D eigenvalue weighted by Gasteiger charge is -2.06. The maximum atomic E-state index is 11.6. The van der Waals surface area contributed by atoms with Gasteiger partial charge in [0.05, 0.1) is 0 Å². The van der Waals surface area contributed by atoms with Gasteiger partial charge in [-0.05, 0) is 40.5 Å². The number of aromatic nitrogens is 1. The van der Waals surface area contributed by atoms with Crippen molar-refractivity contribution >= 4 is 33.7 Å². The van der Waals surface area contributed by atoms with Crippen LogP contribution in [-0.4, -0.2) is 11.0 Å². The van der Waals surface area contributed by atoms with Gasteiger partial charge in [0.25, 0.3) is 0 Å². The van der Waals surface area contributed by atoms with Gasteiger partial charge in [-0.1, -0.05) is 6.07 Å². The fourth-order valence-electron chi connectivity index (χ4n) is 1.25. The van der Waals surface area contributed by atoms with Crippen molar-refractivity contribution in [2.24, 2.45) is 0 Å². The molecule has 0 bridgehead atoms. The predicted octanol–water partition coefficient (Wildman–Crippen LogP) is 3.39. The number of carbonyl (C=O) groups is 1. The molecule has 17 heavy (non-hydrogen) atoms. The summed E-state index contributed by atoms with van der Waals surface area (Å²) in [5.74, 6) is 0.888. The zero-order chi connectivity index (χ0) is 12.3. The first-order chi connectivity index (χ1) is 8.15. The van der Waals surface area contributed by atoms with E-state index in [2.05, 4.69) is 31.5 Å². The van der Waals surface area contributed by atoms with Crippen molar-refractivity contribution in [1.29, 1.82) is 0 Å². The van der Waals surface area contributed by atoms with Gasteiger partial charge >= 0.3 is 6.03 Å². The van der Waals surface area contributed by atoms with Crippen molar-refractivity contribution in [3.05, 3.63) is 40.7 Å². The third-order valence-corrected chi connectivity index (χ3v) is 2.48. The molecule has 0 aromatic carbocycles. The van der Waals surface area contributed by atoms with E-state index in [1.807, 2.05) is 19.1 Å². The molecular formula is C11H10BrN3O2. The van der Waals surface area contributed by atoms with Crippen molar-refractivity contribution < 1.29 is 9.21 Å². The summed E-state index contributed by atoms with van der Waals surface area (Å²) in [6.45, 7) is 1.87. The summed E-state index contributed by atoms with van der Waals surface area (Å²) in [7, 11) is 0. The van der Waals surface area contributed by atoms with Gasteiger partial charge in [0.1, 0.15) is 5.82 Å². The normalized spacial score (nSPS) is 10.0. The van der Waals surface area contributed by atoms with Gasteiger partial charge < -0.3 is 4.42 Å². The Hall–Kier alpha value is -1.82. The van der Waals surface area contributed by atoms with Crippen molar-refractivity contribution in [2.45, 2.75) is 6.92 Å². The van der Waals surface area contributed by atoms with Gasteiger partial charge in [-0.3, -0.25) is 10.6 Å². The monoisotopic (exact) mass is 295 g/mol. The molecule has 0 radical (unpaired) electrons. The molecule has 2 aromatic heterocycles. The molecule has 2 N–H and O–H groups in total. The quantitative estimate of drug-likeness (QED) is 0.892. The van der Waals surface area contributed by atoms with Crippen LogP contribution >= 0.6 is 15.9 Å². The molecule has 2 rings (SSSR count). The molecule has 0 aliphatic rings. The van der Waals surface area contributed by atoms with Crippen molar-refractivity contribution in [3.63, 3.8) is 0 Å². The Bertz CT molecular complexity index is 539. The van der Waals surface area contributed by atoms with Crippen LogP contribution in [0.25, 0.3) is 0 Å². The summed E-state index contributed by atoms with van der Waals surface area (Å²) >= 11 is 3.15. The van der Waals surface area contributed by atoms with Crippen LogP contribution in [0.15, 0.2) is 39.5 Å². The average Bonchev–Trinajstić information content (AvgIpc) is 2.67. The molecule has 2 heterocycles. The summed E-state index contributed by atoms with van der Waals surface area (Å²) in [6, 6.07) is 6.62. The largest absolute Gasteiger partial charge is 0.434 e. The Labute approximate surface area is 106 Å². The van der Waals surface area contributed by atoms with Gasteiger partial charge in [0.2, 0.25) is 5.88 Å². The van der Waals surface area contributed by atoms with E-state index in [1.54, 1.807) is 18.3 Å². The molecule has 0 aliphatic heterocycles. The molecule has 0 aliphatic carbocycles. The highest BCUT2D eigenvalue weighted by molar-refractivity contribution is 9.10. The van der Waals surface area contributed by atoms with Crippen LogP contribution in [0.1, 0.15) is 5.56 Å². The summed E-state index contributed by atoms with van der Waals surface area (Å²) in [6.07, 6.45) is 1.62. The number of halogens is 1. The summed E-state index contributed by atoms with van der Waals surface area (Å²) in [4.78, 5) is 15.7. The molecule has 5 nitrogen and oxygen atoms in total. The third kappa shape index (κ3) is 3.07. The number of pyridine rings is 1. The number of furan rings is 1. The van der Waals surface area contributed by atoms with Gasteiger partial charge in [-0.15, -0.1) is 0 Å². The van der Waals surface area contributed by atoms with Crippen LogP contribution in [0.2, 0.25) is 0 Å². The fraction of sp³-hybridized carbons (Fsp3) is 0.0909. The first-order valence-corrected chi connectivity index (χ1v) is 5.69. The number of nitrogens with one attached hydrogen (secondary N) is 2. The first-order valence-electron chi connectivity index (χ1n) is 4.90. The SMILES string of the molecule is Cc1cccnc1NC(=O)Nc1ccc(Br)o1. The minimum absolute atomic E-state index is 0.364. The van der Waals surface area contributed by atoms with Crippen LogP contribution in [-0.2, 0) is 0 Å². The molecule has 2 aromatic rings. The number of carbonyl (C=O) groups excluding carboxylic acids is 1. The third-order valence-electron chi connectivity index (χ3n) is 2.05. The molecule has 88 valence electrons. The highest BCUT2D eigenvalue weighted by Gasteiger charge is 2.07. The van der Waals surface area contributed by atoms with E-state index in [0.717, 1.165) is 5.56 Å². The lowest BCUT2D eigenvalue weighted by atomic mass is 10.3. The Kier molecular flexibility index (Phi) is 3.43. The molecule has 0 saturated carbocycles. The predicted molar refractivity (Wildman–Crippen MR) is 68.0 cm³/mol. The van der Waals surface area contributed by atoms with E-state index in [1.165, 1.54) is 0 Å². The van der Waals surface area contributed by atoms with E-state index in [0.29, 0.717) is 16.4 Å². The Morgan fingerprint density at radius 3 is 2.82 bits per heavy atom. The number of rotatable bonds is 2. The highest BCUT2D eigenvalue weighted by atomic mass is 79.9. The molecule has 0 saturated heterocycles. The van der Waals surface area contributed by atoms with E-state index in [4.69, 9.17) is 4.42 Å². The number of anilines is 2. The van der Waals surface area contributed by atoms with Crippen LogP contribution in [0, 0.1) is 6.92 Å². The number of urea groups is 1. The van der Waals surface area contributed by atoms with Crippen LogP contribution in [0.5, 0.6) is 0 Å². The maximum absolute atomic E-state index is 11.6. The van der Waals surface area contributed by atoms with Crippen molar-refractivity contribution in [3.8, 4) is 0 Å². The molecule has 0 unspecified atom stereocenters. The number of amides is 2. The summed E-state index contributed by atoms with van der Waals surface area (Å²) < 4.78 is 5.70. The van der Waals surface area contributed by atoms with Crippen LogP contribution in [0.4, 0.5) is 16.5 Å². The van der Waals surface area contributed by atoms with Gasteiger partial charge in [0, 0.05) is 12.3 Å². The Morgan fingerprint density at radius 2 is 2.18 bits per heavy atom. The number of nitrogens with zero attached hydrogens (tertiary/aromatic N) is 1. The number of aryl methyl sites for hydroxylation is 1. The average molecular weight is 296 g/mol. The summed E-state index contributed by atoms with van der Waals surface area (Å²) in [5, 5.41) is 5.18. The molecule has 0 fully saturated rings. The van der Waals surface area contributed by atoms with Gasteiger partial charge in [-0.2, -0.15) is 0 Å². The van der Waals surface area contributed by atoms with Gasteiger partial charge in [0.15, 0.2) is 4.67 Å². The molecule has 0 atom stereocenters. The molecular weight excluding hydrogens is 286 g/mol. The molecule has 2 amide bonds. The van der Waals surface area contributed by atoms with Crippen LogP contribution < -0.4 is 10.6 Å². The number of hydrogen-bond acceptors (Lipinski definition) is 3. The zero-order valence-electron chi connectivity index (χ0n) is 9.03. The maximum Gasteiger partial charge on any atom is 0.327 e.